The van der Waals surface area contributed by atoms with Crippen LogP contribution in [-0.4, -0.2) is 54.9 Å². The number of nitrogens with one attached hydrogen (secondary N) is 2. The molecule has 2 aromatic heterocycles. The fourth-order valence-corrected chi connectivity index (χ4v) is 4.78. The van der Waals surface area contributed by atoms with E-state index >= 15 is 0 Å². The number of allylic oxidation sites excluding steroid dienone is 2. The van der Waals surface area contributed by atoms with Gasteiger partial charge in [0.05, 0.1) is 30.3 Å². The summed E-state index contributed by atoms with van der Waals surface area (Å²) in [6.45, 7) is 1.82. The molecule has 0 radical (unpaired) electrons. The van der Waals surface area contributed by atoms with Gasteiger partial charge in [-0.2, -0.15) is 5.10 Å². The lowest BCUT2D eigenvalue weighted by molar-refractivity contribution is -0.274. The molecule has 0 saturated carbocycles. The van der Waals surface area contributed by atoms with Gasteiger partial charge in [0.2, 0.25) is 16.9 Å². The maximum atomic E-state index is 12.4. The van der Waals surface area contributed by atoms with Crippen molar-refractivity contribution >= 4 is 34.1 Å². The third kappa shape index (κ3) is 9.62. The van der Waals surface area contributed by atoms with Crippen molar-refractivity contribution in [3.05, 3.63) is 76.6 Å². The first-order valence-electron chi connectivity index (χ1n) is 13.0. The minimum atomic E-state index is -4.81. The summed E-state index contributed by atoms with van der Waals surface area (Å²) in [6.07, 6.45) is 3.25. The summed E-state index contributed by atoms with van der Waals surface area (Å²) >= 11 is 1.29. The van der Waals surface area contributed by atoms with Gasteiger partial charge in [-0.25, -0.2) is 0 Å². The predicted octanol–water partition coefficient (Wildman–Crippen LogP) is 4.84. The van der Waals surface area contributed by atoms with Gasteiger partial charge >= 0.3 is 6.36 Å². The molecule has 0 saturated heterocycles. The summed E-state index contributed by atoms with van der Waals surface area (Å²) < 4.78 is 41.1. The SMILES string of the molecule is C[C@H]1C=CC=C(CC(=O)Nc2nnc(CCCCc3ccc(NC(=O)Cc4cccc(OC(F)(F)F)c4)nn3)s2)N1O. The van der Waals surface area contributed by atoms with Crippen molar-refractivity contribution in [2.75, 3.05) is 10.6 Å². The third-order valence-corrected chi connectivity index (χ3v) is 6.87. The second kappa shape index (κ2) is 14.0. The highest BCUT2D eigenvalue weighted by Gasteiger charge is 2.31. The normalized spacial score (nSPS) is 14.8. The Hall–Kier alpha value is -4.37. The molecule has 3 N–H and O–H groups in total. The second-order valence-corrected chi connectivity index (χ2v) is 10.5. The third-order valence-electron chi connectivity index (χ3n) is 5.97. The Labute approximate surface area is 243 Å². The quantitative estimate of drug-likeness (QED) is 0.248. The number of unbranched alkanes of at least 4 members (excludes halogenated alkanes) is 1. The lowest BCUT2D eigenvalue weighted by Crippen LogP contribution is -2.31. The van der Waals surface area contributed by atoms with Gasteiger partial charge in [0.25, 0.3) is 0 Å². The van der Waals surface area contributed by atoms with Gasteiger partial charge in [-0.05, 0) is 62.1 Å². The standard InChI is InChI=1S/C27H28F3N7O4S/c1-17-6-4-9-20(37(17)40)16-24(39)32-26-36-35-25(42-26)11-3-2-8-19-12-13-22(34-33-19)31-23(38)15-18-7-5-10-21(14-18)41-27(28,29)30/h4-7,9-10,12-14,17,40H,2-3,8,11,15-16H2,1H3,(H,31,34,38)(H,32,36,39)/t17-/m0/s1. The number of alkyl halides is 3. The van der Waals surface area contributed by atoms with E-state index in [0.29, 0.717) is 29.2 Å². The number of hydrogen-bond acceptors (Lipinski definition) is 10. The first kappa shape index (κ1) is 30.6. The highest BCUT2D eigenvalue weighted by atomic mass is 32.1. The number of anilines is 2. The molecular formula is C27H28F3N7O4S. The molecular weight excluding hydrogens is 575 g/mol. The van der Waals surface area contributed by atoms with E-state index in [4.69, 9.17) is 0 Å². The Morgan fingerprint density at radius 3 is 2.57 bits per heavy atom. The van der Waals surface area contributed by atoms with Crippen LogP contribution < -0.4 is 15.4 Å². The number of benzene rings is 1. The number of carbonyl (C=O) groups is 2. The van der Waals surface area contributed by atoms with E-state index in [2.05, 4.69) is 35.8 Å². The molecule has 1 aliphatic heterocycles. The van der Waals surface area contributed by atoms with Crippen LogP contribution in [0.15, 0.2) is 60.3 Å². The molecule has 1 aliphatic rings. The van der Waals surface area contributed by atoms with Crippen molar-refractivity contribution in [3.8, 4) is 5.75 Å². The minimum absolute atomic E-state index is 0.0122. The molecule has 3 heterocycles. The number of aromatic nitrogens is 4. The number of halogens is 3. The van der Waals surface area contributed by atoms with E-state index in [-0.39, 0.29) is 30.6 Å². The number of nitrogens with zero attached hydrogens (tertiary/aromatic N) is 5. The van der Waals surface area contributed by atoms with Crippen molar-refractivity contribution in [1.82, 2.24) is 25.5 Å². The first-order valence-corrected chi connectivity index (χ1v) is 13.8. The highest BCUT2D eigenvalue weighted by Crippen LogP contribution is 2.24. The number of rotatable bonds is 12. The van der Waals surface area contributed by atoms with Crippen molar-refractivity contribution in [1.29, 1.82) is 0 Å². The van der Waals surface area contributed by atoms with Crippen molar-refractivity contribution < 1.29 is 32.7 Å². The van der Waals surface area contributed by atoms with Crippen molar-refractivity contribution in [3.63, 3.8) is 0 Å². The van der Waals surface area contributed by atoms with Crippen LogP contribution >= 0.6 is 11.3 Å². The number of hydrogen-bond donors (Lipinski definition) is 3. The summed E-state index contributed by atoms with van der Waals surface area (Å²) in [5.74, 6) is -0.922. The molecule has 42 heavy (non-hydrogen) atoms. The van der Waals surface area contributed by atoms with E-state index in [9.17, 15) is 28.0 Å². The number of ether oxygens (including phenoxy) is 1. The zero-order chi connectivity index (χ0) is 30.1. The van der Waals surface area contributed by atoms with Crippen LogP contribution in [0.1, 0.15) is 42.5 Å². The smallest absolute Gasteiger partial charge is 0.406 e. The molecule has 0 aliphatic carbocycles. The van der Waals surface area contributed by atoms with Gasteiger partial charge in [0.15, 0.2) is 5.82 Å². The Bertz CT molecular complexity index is 1440. The summed E-state index contributed by atoms with van der Waals surface area (Å²) in [5.41, 5.74) is 1.58. The van der Waals surface area contributed by atoms with E-state index in [0.717, 1.165) is 40.7 Å². The molecule has 0 spiro atoms. The van der Waals surface area contributed by atoms with Crippen LogP contribution in [0.3, 0.4) is 0 Å². The largest absolute Gasteiger partial charge is 0.573 e. The van der Waals surface area contributed by atoms with Crippen LogP contribution in [0, 0.1) is 0 Å². The monoisotopic (exact) mass is 603 g/mol. The van der Waals surface area contributed by atoms with E-state index in [1.807, 2.05) is 13.0 Å². The number of aryl methyl sites for hydroxylation is 2. The van der Waals surface area contributed by atoms with Gasteiger partial charge in [-0.15, -0.1) is 28.5 Å². The molecule has 222 valence electrons. The van der Waals surface area contributed by atoms with Gasteiger partial charge in [0, 0.05) is 6.42 Å². The fourth-order valence-electron chi connectivity index (χ4n) is 3.99. The molecule has 1 aromatic carbocycles. The summed E-state index contributed by atoms with van der Waals surface area (Å²) in [6, 6.07) is 8.36. The number of amides is 2. The molecule has 3 aromatic rings. The van der Waals surface area contributed by atoms with Crippen LogP contribution in [0.4, 0.5) is 24.1 Å². The molecule has 2 amide bonds. The zero-order valence-electron chi connectivity index (χ0n) is 22.5. The Morgan fingerprint density at radius 1 is 1.02 bits per heavy atom. The van der Waals surface area contributed by atoms with Crippen LogP contribution in [0.25, 0.3) is 0 Å². The average Bonchev–Trinajstić information content (AvgIpc) is 3.36. The Morgan fingerprint density at radius 2 is 1.81 bits per heavy atom. The zero-order valence-corrected chi connectivity index (χ0v) is 23.3. The van der Waals surface area contributed by atoms with E-state index in [1.54, 1.807) is 24.3 Å². The molecule has 1 atom stereocenters. The molecule has 0 bridgehead atoms. The summed E-state index contributed by atoms with van der Waals surface area (Å²) in [7, 11) is 0. The lowest BCUT2D eigenvalue weighted by Gasteiger charge is -2.26. The number of hydroxylamine groups is 2. The van der Waals surface area contributed by atoms with Crippen LogP contribution in [0.2, 0.25) is 0 Å². The predicted molar refractivity (Wildman–Crippen MR) is 148 cm³/mol. The molecule has 0 fully saturated rings. The van der Waals surface area contributed by atoms with E-state index < -0.39 is 18.0 Å². The minimum Gasteiger partial charge on any atom is -0.406 e. The maximum Gasteiger partial charge on any atom is 0.573 e. The molecule has 15 heteroatoms. The first-order chi connectivity index (χ1) is 20.0. The molecule has 4 rings (SSSR count). The number of carbonyl (C=O) groups excluding carboxylic acids is 2. The summed E-state index contributed by atoms with van der Waals surface area (Å²) in [4.78, 5) is 24.6. The van der Waals surface area contributed by atoms with Gasteiger partial charge in [0.1, 0.15) is 10.8 Å². The van der Waals surface area contributed by atoms with Crippen molar-refractivity contribution in [2.45, 2.75) is 57.9 Å². The van der Waals surface area contributed by atoms with Crippen LogP contribution in [-0.2, 0) is 28.9 Å². The Kier molecular flexibility index (Phi) is 10.2. The molecule has 0 unspecified atom stereocenters. The highest BCUT2D eigenvalue weighted by molar-refractivity contribution is 7.15. The summed E-state index contributed by atoms with van der Waals surface area (Å²) in [5, 5.41) is 33.8. The average molecular weight is 604 g/mol. The second-order valence-electron chi connectivity index (χ2n) is 9.39. The van der Waals surface area contributed by atoms with Gasteiger partial charge < -0.3 is 15.4 Å². The van der Waals surface area contributed by atoms with Crippen LogP contribution in [0.5, 0.6) is 5.75 Å². The fraction of sp³-hybridized carbons (Fsp3) is 0.333. The van der Waals surface area contributed by atoms with E-state index in [1.165, 1.54) is 23.5 Å². The van der Waals surface area contributed by atoms with Gasteiger partial charge in [-0.3, -0.25) is 19.9 Å². The molecule has 11 nitrogen and oxygen atoms in total. The maximum absolute atomic E-state index is 12.4. The lowest BCUT2D eigenvalue weighted by atomic mass is 10.1. The topological polar surface area (TPSA) is 142 Å². The van der Waals surface area contributed by atoms with Crippen molar-refractivity contribution in [2.24, 2.45) is 0 Å². The Balaban J connectivity index is 1.15. The van der Waals surface area contributed by atoms with Gasteiger partial charge in [-0.1, -0.05) is 35.6 Å².